The Bertz CT molecular complexity index is 2890. The maximum Gasteiger partial charge on any atom is 0.0604 e. The van der Waals surface area contributed by atoms with Crippen molar-refractivity contribution in [3.05, 3.63) is 165 Å². The van der Waals surface area contributed by atoms with Crippen molar-refractivity contribution >= 4 is 72.6 Å². The Morgan fingerprint density at radius 1 is 0.543 bits per heavy atom. The standard InChI is InChI=1S/C66H80BrIN2/c1-41-29-42(2)31-47(30-41)55-37-48(61(5,6)7)23-25-59(55)70(60-26-24-49(39-58(60)67)62(8,9)10)54-33-43(3)32-53(40-54)69(52-22-18-20-46(36-52)57-34-44(4)63(11,12)66(57,16)68)51-21-17-19-45(35-51)56-38-50-27-28-65(56,15)64(50,13)14/h17-26,29-33,35-37,39-40,44,50,56-57H,27-28,34,38H2,1-16H3. The molecule has 0 aliphatic heterocycles. The molecule has 6 aromatic carbocycles. The summed E-state index contributed by atoms with van der Waals surface area (Å²) in [6.07, 6.45) is 5.12. The molecule has 2 nitrogen and oxygen atoms in total. The zero-order chi connectivity index (χ0) is 50.7. The van der Waals surface area contributed by atoms with Crippen LogP contribution >= 0.6 is 38.5 Å². The Labute approximate surface area is 445 Å². The van der Waals surface area contributed by atoms with E-state index in [0.717, 1.165) is 33.1 Å². The minimum Gasteiger partial charge on any atom is -0.310 e. The SMILES string of the molecule is Cc1cc(C)cc(-c2cc(C(C)(C)C)ccc2N(c2cc(C)cc(N(c3cccc(C4CC(C)C(C)(C)C4(C)I)c3)c3cccc(C4CC5CCC4(C)C5(C)C)c3)c2)c2ccc(C(C)(C)C)cc2Br)c1. The lowest BCUT2D eigenvalue weighted by molar-refractivity contribution is 0.134. The summed E-state index contributed by atoms with van der Waals surface area (Å²) in [5.41, 5.74) is 19.5. The summed E-state index contributed by atoms with van der Waals surface area (Å²) in [7, 11) is 0. The minimum absolute atomic E-state index is 0.00316. The zero-order valence-corrected chi connectivity index (χ0v) is 49.1. The Morgan fingerprint density at radius 2 is 1.07 bits per heavy atom. The lowest BCUT2D eigenvalue weighted by atomic mass is 9.65. The van der Waals surface area contributed by atoms with Gasteiger partial charge in [-0.1, -0.05) is 171 Å². The summed E-state index contributed by atoms with van der Waals surface area (Å²) >= 11 is 7.01. The van der Waals surface area contributed by atoms with Gasteiger partial charge in [0.25, 0.3) is 0 Å². The average Bonchev–Trinajstić information content (AvgIpc) is 3.69. The van der Waals surface area contributed by atoms with Crippen LogP contribution in [0.5, 0.6) is 0 Å². The van der Waals surface area contributed by atoms with Crippen LogP contribution in [0.15, 0.2) is 126 Å². The van der Waals surface area contributed by atoms with Gasteiger partial charge in [-0.3, -0.25) is 0 Å². The van der Waals surface area contributed by atoms with Crippen LogP contribution in [0.2, 0.25) is 0 Å². The molecular weight excluding hydrogens is 1030 g/mol. The molecule has 9 rings (SSSR count). The van der Waals surface area contributed by atoms with Gasteiger partial charge in [-0.05, 0) is 220 Å². The zero-order valence-electron chi connectivity index (χ0n) is 45.3. The van der Waals surface area contributed by atoms with Gasteiger partial charge in [-0.2, -0.15) is 0 Å². The van der Waals surface area contributed by atoms with Crippen LogP contribution in [0.3, 0.4) is 0 Å². The van der Waals surface area contributed by atoms with E-state index in [2.05, 4.69) is 280 Å². The molecule has 6 aromatic rings. The van der Waals surface area contributed by atoms with E-state index in [1.807, 2.05) is 0 Å². The second-order valence-electron chi connectivity index (χ2n) is 25.8. The van der Waals surface area contributed by atoms with E-state index < -0.39 is 0 Å². The third-order valence-corrected chi connectivity index (χ3v) is 21.6. The summed E-state index contributed by atoms with van der Waals surface area (Å²) in [5.74, 6) is 2.37. The number of hydrogen-bond donors (Lipinski definition) is 0. The van der Waals surface area contributed by atoms with Gasteiger partial charge < -0.3 is 9.80 Å². The van der Waals surface area contributed by atoms with Gasteiger partial charge in [0.15, 0.2) is 0 Å². The summed E-state index contributed by atoms with van der Waals surface area (Å²) in [4.78, 5) is 5.11. The van der Waals surface area contributed by atoms with Crippen molar-refractivity contribution in [2.75, 3.05) is 9.80 Å². The molecule has 0 aromatic heterocycles. The van der Waals surface area contributed by atoms with Crippen LogP contribution in [0.1, 0.15) is 166 Å². The number of nitrogens with zero attached hydrogens (tertiary/aromatic N) is 2. The molecule has 70 heavy (non-hydrogen) atoms. The van der Waals surface area contributed by atoms with Crippen LogP contribution in [-0.2, 0) is 10.8 Å². The molecule has 0 amide bonds. The highest BCUT2D eigenvalue weighted by Crippen LogP contribution is 2.71. The molecule has 3 saturated carbocycles. The molecule has 0 saturated heterocycles. The van der Waals surface area contributed by atoms with Crippen molar-refractivity contribution in [1.29, 1.82) is 0 Å². The number of aryl methyl sites for hydroxylation is 3. The number of alkyl halides is 1. The fraction of sp³-hybridized carbons (Fsp3) is 0.455. The number of fused-ring (bicyclic) bond motifs is 2. The average molecular weight is 1110 g/mol. The smallest absolute Gasteiger partial charge is 0.0604 e. The third-order valence-electron chi connectivity index (χ3n) is 18.8. The fourth-order valence-corrected chi connectivity index (χ4v) is 15.0. The molecule has 0 spiro atoms. The maximum atomic E-state index is 4.20. The molecule has 3 aliphatic carbocycles. The lowest BCUT2D eigenvalue weighted by Crippen LogP contribution is -2.37. The van der Waals surface area contributed by atoms with Gasteiger partial charge >= 0.3 is 0 Å². The largest absolute Gasteiger partial charge is 0.310 e. The van der Waals surface area contributed by atoms with E-state index in [1.54, 1.807) is 0 Å². The van der Waals surface area contributed by atoms with Crippen LogP contribution in [0.4, 0.5) is 34.1 Å². The summed E-state index contributed by atoms with van der Waals surface area (Å²) in [6.45, 7) is 38.2. The number of rotatable bonds is 9. The molecule has 3 aliphatic rings. The summed E-state index contributed by atoms with van der Waals surface area (Å²) in [5, 5.41) is 0. The van der Waals surface area contributed by atoms with E-state index in [0.29, 0.717) is 23.2 Å². The number of hydrogen-bond acceptors (Lipinski definition) is 2. The highest BCUT2D eigenvalue weighted by molar-refractivity contribution is 14.1. The molecule has 6 unspecified atom stereocenters. The van der Waals surface area contributed by atoms with Gasteiger partial charge in [0.05, 0.1) is 11.4 Å². The third kappa shape index (κ3) is 8.83. The van der Waals surface area contributed by atoms with E-state index >= 15 is 0 Å². The second-order valence-corrected chi connectivity index (χ2v) is 28.9. The maximum absolute atomic E-state index is 4.20. The predicted octanol–water partition coefficient (Wildman–Crippen LogP) is 20.8. The molecular formula is C66H80BrIN2. The number of benzene rings is 6. The summed E-state index contributed by atoms with van der Waals surface area (Å²) in [6, 6.07) is 47.8. The first-order valence-corrected chi connectivity index (χ1v) is 28.1. The fourth-order valence-electron chi connectivity index (χ4n) is 13.3. The van der Waals surface area contributed by atoms with Crippen LogP contribution in [0.25, 0.3) is 11.1 Å². The van der Waals surface area contributed by atoms with Gasteiger partial charge in [-0.25, -0.2) is 0 Å². The van der Waals surface area contributed by atoms with Crippen molar-refractivity contribution in [3.63, 3.8) is 0 Å². The summed E-state index contributed by atoms with van der Waals surface area (Å²) < 4.78 is 1.19. The topological polar surface area (TPSA) is 6.48 Å². The van der Waals surface area contributed by atoms with Crippen molar-refractivity contribution in [3.8, 4) is 11.1 Å². The van der Waals surface area contributed by atoms with Gasteiger partial charge in [0.2, 0.25) is 0 Å². The van der Waals surface area contributed by atoms with Gasteiger partial charge in [0.1, 0.15) is 0 Å². The second kappa shape index (κ2) is 18.0. The van der Waals surface area contributed by atoms with Crippen LogP contribution in [0, 0.1) is 48.9 Å². The van der Waals surface area contributed by atoms with Gasteiger partial charge in [0, 0.05) is 36.2 Å². The highest BCUT2D eigenvalue weighted by Gasteiger charge is 2.61. The first-order valence-electron chi connectivity index (χ1n) is 26.3. The monoisotopic (exact) mass is 1110 g/mol. The Hall–Kier alpha value is -3.87. The van der Waals surface area contributed by atoms with Crippen molar-refractivity contribution in [2.24, 2.45) is 28.1 Å². The molecule has 0 heterocycles. The van der Waals surface area contributed by atoms with Crippen LogP contribution in [-0.4, -0.2) is 3.42 Å². The molecule has 2 bridgehead atoms. The number of anilines is 6. The minimum atomic E-state index is -0.0295. The first kappa shape index (κ1) is 51.0. The van der Waals surface area contributed by atoms with E-state index in [4.69, 9.17) is 0 Å². The molecule has 3 fully saturated rings. The molecule has 368 valence electrons. The van der Waals surface area contributed by atoms with Crippen molar-refractivity contribution in [1.82, 2.24) is 0 Å². The van der Waals surface area contributed by atoms with E-state index in [1.165, 1.54) is 87.1 Å². The van der Waals surface area contributed by atoms with E-state index in [9.17, 15) is 0 Å². The van der Waals surface area contributed by atoms with Crippen molar-refractivity contribution in [2.45, 2.75) is 163 Å². The molecule has 0 radical (unpaired) electrons. The normalized spacial score (nSPS) is 24.8. The lowest BCUT2D eigenvalue weighted by Gasteiger charge is -2.40. The number of halogens is 2. The molecule has 6 atom stereocenters. The highest BCUT2D eigenvalue weighted by atomic mass is 127. The molecule has 0 N–H and O–H groups in total. The Morgan fingerprint density at radius 3 is 1.57 bits per heavy atom. The van der Waals surface area contributed by atoms with Crippen LogP contribution < -0.4 is 9.80 Å². The molecule has 4 heteroatoms. The quantitative estimate of drug-likeness (QED) is 0.105. The van der Waals surface area contributed by atoms with E-state index in [-0.39, 0.29) is 25.1 Å². The van der Waals surface area contributed by atoms with Crippen molar-refractivity contribution < 1.29 is 0 Å². The Balaban J connectivity index is 1.29. The Kier molecular flexibility index (Phi) is 13.1. The van der Waals surface area contributed by atoms with Gasteiger partial charge in [-0.15, -0.1) is 0 Å². The predicted molar refractivity (Wildman–Crippen MR) is 315 cm³/mol. The first-order chi connectivity index (χ1) is 32.6.